The van der Waals surface area contributed by atoms with Crippen molar-refractivity contribution in [1.29, 1.82) is 0 Å². The van der Waals surface area contributed by atoms with Gasteiger partial charge in [0.25, 0.3) is 0 Å². The predicted octanol–water partition coefficient (Wildman–Crippen LogP) is 2.84. The summed E-state index contributed by atoms with van der Waals surface area (Å²) in [5, 5.41) is 5.56. The minimum Gasteiger partial charge on any atom is -0.497 e. The highest BCUT2D eigenvalue weighted by atomic mass is 16.5. The number of fused-ring (bicyclic) bond motifs is 1. The van der Waals surface area contributed by atoms with Gasteiger partial charge in [-0.05, 0) is 40.5 Å². The van der Waals surface area contributed by atoms with Crippen molar-refractivity contribution in [3.05, 3.63) is 42.0 Å². The van der Waals surface area contributed by atoms with Crippen LogP contribution in [0.1, 0.15) is 25.8 Å². The largest absolute Gasteiger partial charge is 0.497 e. The molecule has 0 saturated carbocycles. The number of hydrogen-bond acceptors (Lipinski definition) is 3. The molecule has 2 atom stereocenters. The average Bonchev–Trinajstić information content (AvgIpc) is 2.53. The van der Waals surface area contributed by atoms with Crippen molar-refractivity contribution in [3.8, 4) is 5.75 Å². The van der Waals surface area contributed by atoms with Gasteiger partial charge in [-0.1, -0.05) is 38.5 Å². The van der Waals surface area contributed by atoms with Crippen molar-refractivity contribution in [1.82, 2.24) is 5.32 Å². The van der Waals surface area contributed by atoms with E-state index in [1.165, 1.54) is 0 Å². The van der Waals surface area contributed by atoms with Gasteiger partial charge in [-0.15, -0.1) is 0 Å². The van der Waals surface area contributed by atoms with E-state index in [2.05, 4.69) is 30.4 Å². The summed E-state index contributed by atoms with van der Waals surface area (Å²) in [6.45, 7) is 4.72. The van der Waals surface area contributed by atoms with Gasteiger partial charge in [0, 0.05) is 6.54 Å². The molecule has 0 spiro atoms. The maximum Gasteiger partial charge on any atom is 0.234 e. The average molecular weight is 300 g/mol. The molecule has 0 aromatic heterocycles. The van der Waals surface area contributed by atoms with Gasteiger partial charge in [0.2, 0.25) is 5.91 Å². The lowest BCUT2D eigenvalue weighted by molar-refractivity contribution is -0.121. The fourth-order valence-electron chi connectivity index (χ4n) is 2.56. The van der Waals surface area contributed by atoms with E-state index in [9.17, 15) is 4.79 Å². The molecule has 2 unspecified atom stereocenters. The lowest BCUT2D eigenvalue weighted by atomic mass is 9.98. The minimum atomic E-state index is -0.295. The standard InChI is InChI=1S/C18H24N2O2/c1-4-12(2)17(18(19)21)20-11-13-5-6-15-10-16(22-3)8-7-14(15)9-13/h5-10,12,17,20H,4,11H2,1-3H3,(H2,19,21). The van der Waals surface area contributed by atoms with Crippen LogP contribution in [0.15, 0.2) is 36.4 Å². The van der Waals surface area contributed by atoms with Crippen molar-refractivity contribution >= 4 is 16.7 Å². The lowest BCUT2D eigenvalue weighted by Gasteiger charge is -2.21. The van der Waals surface area contributed by atoms with Gasteiger partial charge >= 0.3 is 0 Å². The molecule has 4 nitrogen and oxygen atoms in total. The van der Waals surface area contributed by atoms with Crippen LogP contribution < -0.4 is 15.8 Å². The fraction of sp³-hybridized carbons (Fsp3) is 0.389. The molecule has 2 aromatic rings. The SMILES string of the molecule is CCC(C)C(NCc1ccc2cc(OC)ccc2c1)C(N)=O. The van der Waals surface area contributed by atoms with Gasteiger partial charge in [0.15, 0.2) is 0 Å². The molecule has 0 bridgehead atoms. The summed E-state index contributed by atoms with van der Waals surface area (Å²) in [5.41, 5.74) is 6.62. The second-order valence-corrected chi connectivity index (χ2v) is 5.69. The van der Waals surface area contributed by atoms with Crippen molar-refractivity contribution < 1.29 is 9.53 Å². The molecule has 2 rings (SSSR count). The van der Waals surface area contributed by atoms with Crippen LogP contribution >= 0.6 is 0 Å². The third kappa shape index (κ3) is 3.77. The number of rotatable bonds is 7. The van der Waals surface area contributed by atoms with Gasteiger partial charge in [0.1, 0.15) is 5.75 Å². The summed E-state index contributed by atoms with van der Waals surface area (Å²) in [7, 11) is 1.67. The van der Waals surface area contributed by atoms with Crippen LogP contribution in [-0.4, -0.2) is 19.1 Å². The summed E-state index contributed by atoms with van der Waals surface area (Å²) < 4.78 is 5.23. The third-order valence-corrected chi connectivity index (χ3v) is 4.16. The van der Waals surface area contributed by atoms with Crippen molar-refractivity contribution in [3.63, 3.8) is 0 Å². The van der Waals surface area contributed by atoms with Gasteiger partial charge in [-0.2, -0.15) is 0 Å². The maximum absolute atomic E-state index is 11.5. The van der Waals surface area contributed by atoms with Crippen molar-refractivity contribution in [2.45, 2.75) is 32.9 Å². The van der Waals surface area contributed by atoms with E-state index in [4.69, 9.17) is 10.5 Å². The van der Waals surface area contributed by atoms with Crippen LogP contribution in [0.2, 0.25) is 0 Å². The van der Waals surface area contributed by atoms with Crippen LogP contribution in [0.25, 0.3) is 10.8 Å². The summed E-state index contributed by atoms with van der Waals surface area (Å²) >= 11 is 0. The second kappa shape index (κ2) is 7.27. The highest BCUT2D eigenvalue weighted by Gasteiger charge is 2.20. The van der Waals surface area contributed by atoms with Crippen LogP contribution in [0.5, 0.6) is 5.75 Å². The van der Waals surface area contributed by atoms with Crippen LogP contribution in [0.4, 0.5) is 0 Å². The topological polar surface area (TPSA) is 64.3 Å². The van der Waals surface area contributed by atoms with E-state index < -0.39 is 0 Å². The highest BCUT2D eigenvalue weighted by molar-refractivity contribution is 5.84. The molecule has 0 radical (unpaired) electrons. The number of ether oxygens (including phenoxy) is 1. The minimum absolute atomic E-state index is 0.224. The summed E-state index contributed by atoms with van der Waals surface area (Å²) in [6, 6.07) is 12.0. The Balaban J connectivity index is 2.12. The number of hydrogen-bond donors (Lipinski definition) is 2. The molecule has 4 heteroatoms. The van der Waals surface area contributed by atoms with Crippen LogP contribution in [-0.2, 0) is 11.3 Å². The number of benzene rings is 2. The Morgan fingerprint density at radius 2 is 1.91 bits per heavy atom. The van der Waals surface area contributed by atoms with Crippen LogP contribution in [0, 0.1) is 5.92 Å². The second-order valence-electron chi connectivity index (χ2n) is 5.69. The van der Waals surface area contributed by atoms with E-state index in [0.29, 0.717) is 6.54 Å². The zero-order valence-electron chi connectivity index (χ0n) is 13.4. The van der Waals surface area contributed by atoms with E-state index in [-0.39, 0.29) is 17.9 Å². The number of nitrogens with two attached hydrogens (primary N) is 1. The molecular weight excluding hydrogens is 276 g/mol. The number of methoxy groups -OCH3 is 1. The highest BCUT2D eigenvalue weighted by Crippen LogP contribution is 2.22. The molecule has 1 amide bonds. The first-order valence-corrected chi connectivity index (χ1v) is 7.64. The predicted molar refractivity (Wildman–Crippen MR) is 89.8 cm³/mol. The van der Waals surface area contributed by atoms with E-state index in [1.54, 1.807) is 7.11 Å². The summed E-state index contributed by atoms with van der Waals surface area (Å²) in [5.74, 6) is 0.783. The first-order valence-electron chi connectivity index (χ1n) is 7.64. The lowest BCUT2D eigenvalue weighted by Crippen LogP contribution is -2.45. The fourth-order valence-corrected chi connectivity index (χ4v) is 2.56. The Kier molecular flexibility index (Phi) is 5.39. The van der Waals surface area contributed by atoms with Gasteiger partial charge in [-0.3, -0.25) is 4.79 Å². The molecule has 0 fully saturated rings. The molecule has 0 aliphatic carbocycles. The molecule has 22 heavy (non-hydrogen) atoms. The molecule has 0 aliphatic rings. The smallest absolute Gasteiger partial charge is 0.234 e. The molecule has 0 saturated heterocycles. The Morgan fingerprint density at radius 1 is 1.23 bits per heavy atom. The number of nitrogens with one attached hydrogen (secondary N) is 1. The van der Waals surface area contributed by atoms with Crippen molar-refractivity contribution in [2.75, 3.05) is 7.11 Å². The van der Waals surface area contributed by atoms with E-state index >= 15 is 0 Å². The van der Waals surface area contributed by atoms with Gasteiger partial charge in [-0.25, -0.2) is 0 Å². The number of carbonyl (C=O) groups excluding carboxylic acids is 1. The number of carbonyl (C=O) groups is 1. The van der Waals surface area contributed by atoms with Gasteiger partial charge in [0.05, 0.1) is 13.2 Å². The van der Waals surface area contributed by atoms with E-state index in [0.717, 1.165) is 28.5 Å². The molecule has 2 aromatic carbocycles. The Bertz CT molecular complexity index is 655. The normalized spacial score (nSPS) is 13.8. The molecule has 0 aliphatic heterocycles. The first-order chi connectivity index (χ1) is 10.5. The monoisotopic (exact) mass is 300 g/mol. The zero-order valence-corrected chi connectivity index (χ0v) is 13.4. The maximum atomic E-state index is 11.5. The molecule has 0 heterocycles. The Hall–Kier alpha value is -2.07. The van der Waals surface area contributed by atoms with E-state index in [1.807, 2.05) is 25.1 Å². The Labute approximate surface area is 131 Å². The van der Waals surface area contributed by atoms with Gasteiger partial charge < -0.3 is 15.8 Å². The molecular formula is C18H24N2O2. The van der Waals surface area contributed by atoms with Crippen LogP contribution in [0.3, 0.4) is 0 Å². The summed E-state index contributed by atoms with van der Waals surface area (Å²) in [6.07, 6.45) is 0.915. The Morgan fingerprint density at radius 3 is 2.55 bits per heavy atom. The number of amides is 1. The first kappa shape index (κ1) is 16.3. The summed E-state index contributed by atoms with van der Waals surface area (Å²) in [4.78, 5) is 11.5. The molecule has 118 valence electrons. The number of primary amides is 1. The molecule has 3 N–H and O–H groups in total. The zero-order chi connectivity index (χ0) is 16.1. The van der Waals surface area contributed by atoms with Crippen molar-refractivity contribution in [2.24, 2.45) is 11.7 Å². The third-order valence-electron chi connectivity index (χ3n) is 4.16. The quantitative estimate of drug-likeness (QED) is 0.826.